The Morgan fingerprint density at radius 2 is 2.05 bits per heavy atom. The van der Waals surface area contributed by atoms with E-state index in [9.17, 15) is 8.78 Å². The van der Waals surface area contributed by atoms with Gasteiger partial charge < -0.3 is 14.8 Å². The molecule has 1 aliphatic heterocycles. The summed E-state index contributed by atoms with van der Waals surface area (Å²) in [5, 5.41) is 3.38. The van der Waals surface area contributed by atoms with Crippen LogP contribution in [0.3, 0.4) is 0 Å². The zero-order valence-corrected chi connectivity index (χ0v) is 11.1. The summed E-state index contributed by atoms with van der Waals surface area (Å²) < 4.78 is 35.0. The van der Waals surface area contributed by atoms with E-state index in [1.54, 1.807) is 24.3 Å². The summed E-state index contributed by atoms with van der Waals surface area (Å²) >= 11 is 0. The molecule has 0 bridgehead atoms. The molecule has 0 radical (unpaired) electrons. The van der Waals surface area contributed by atoms with E-state index in [1.807, 2.05) is 0 Å². The predicted octanol–water partition coefficient (Wildman–Crippen LogP) is 2.97. The van der Waals surface area contributed by atoms with E-state index in [1.165, 1.54) is 0 Å². The molecule has 19 heavy (non-hydrogen) atoms. The van der Waals surface area contributed by atoms with Crippen molar-refractivity contribution in [2.75, 3.05) is 13.2 Å². The van der Waals surface area contributed by atoms with Gasteiger partial charge in [0.05, 0.1) is 12.7 Å². The van der Waals surface area contributed by atoms with Crippen LogP contribution in [0.15, 0.2) is 24.3 Å². The molecule has 2 atom stereocenters. The van der Waals surface area contributed by atoms with Gasteiger partial charge in [-0.1, -0.05) is 32.0 Å². The molecule has 106 valence electrons. The zero-order valence-electron chi connectivity index (χ0n) is 11.1. The Morgan fingerprint density at radius 3 is 2.63 bits per heavy atom. The van der Waals surface area contributed by atoms with Crippen LogP contribution in [0.4, 0.5) is 8.78 Å². The first-order chi connectivity index (χ1) is 9.08. The highest BCUT2D eigenvalue weighted by Crippen LogP contribution is 2.30. The number of halogens is 2. The van der Waals surface area contributed by atoms with Gasteiger partial charge in [0.1, 0.15) is 5.75 Å². The number of rotatable bonds is 4. The maximum atomic E-state index is 12.4. The number of ether oxygens (including phenoxy) is 2. The summed E-state index contributed by atoms with van der Waals surface area (Å²) in [5.74, 6) is 0.667. The first-order valence-corrected chi connectivity index (χ1v) is 6.46. The second kappa shape index (κ2) is 6.30. The van der Waals surface area contributed by atoms with Gasteiger partial charge in [0.15, 0.2) is 0 Å². The molecule has 1 aromatic rings. The van der Waals surface area contributed by atoms with Gasteiger partial charge in [-0.15, -0.1) is 0 Å². The molecule has 3 nitrogen and oxygen atoms in total. The minimum absolute atomic E-state index is 0.187. The highest BCUT2D eigenvalue weighted by molar-refractivity contribution is 5.35. The topological polar surface area (TPSA) is 30.5 Å². The van der Waals surface area contributed by atoms with Gasteiger partial charge in [0.2, 0.25) is 0 Å². The highest BCUT2D eigenvalue weighted by atomic mass is 19.3. The molecule has 0 aliphatic carbocycles. The summed E-state index contributed by atoms with van der Waals surface area (Å²) in [6, 6.07) is 7.08. The van der Waals surface area contributed by atoms with Crippen LogP contribution < -0.4 is 10.1 Å². The highest BCUT2D eigenvalue weighted by Gasteiger charge is 2.26. The SMILES string of the molecule is CC(C)C1COC(c2ccccc2OC(F)F)CN1. The van der Waals surface area contributed by atoms with Gasteiger partial charge in [-0.25, -0.2) is 0 Å². The monoisotopic (exact) mass is 271 g/mol. The molecule has 0 aromatic heterocycles. The van der Waals surface area contributed by atoms with Gasteiger partial charge in [-0.3, -0.25) is 0 Å². The molecule has 1 aromatic carbocycles. The third-order valence-electron chi connectivity index (χ3n) is 3.33. The number of alkyl halides is 2. The Kier molecular flexibility index (Phi) is 4.71. The van der Waals surface area contributed by atoms with E-state index in [0.717, 1.165) is 0 Å². The zero-order chi connectivity index (χ0) is 13.8. The number of benzene rings is 1. The summed E-state index contributed by atoms with van der Waals surface area (Å²) in [6.45, 7) is 2.60. The molecule has 0 saturated carbocycles. The molecule has 1 heterocycles. The molecular formula is C14H19F2NO2. The Balaban J connectivity index is 2.06. The fourth-order valence-electron chi connectivity index (χ4n) is 2.17. The summed E-state index contributed by atoms with van der Waals surface area (Å²) in [4.78, 5) is 0. The smallest absolute Gasteiger partial charge is 0.387 e. The average Bonchev–Trinajstić information content (AvgIpc) is 2.39. The molecule has 2 unspecified atom stereocenters. The van der Waals surface area contributed by atoms with Gasteiger partial charge >= 0.3 is 6.61 Å². The molecular weight excluding hydrogens is 252 g/mol. The molecule has 0 spiro atoms. The number of nitrogens with one attached hydrogen (secondary N) is 1. The maximum Gasteiger partial charge on any atom is 0.387 e. The summed E-state index contributed by atoms with van der Waals surface area (Å²) in [5.41, 5.74) is 0.664. The van der Waals surface area contributed by atoms with Crippen molar-refractivity contribution >= 4 is 0 Å². The fourth-order valence-corrected chi connectivity index (χ4v) is 2.17. The van der Waals surface area contributed by atoms with Crippen molar-refractivity contribution in [3.63, 3.8) is 0 Å². The van der Waals surface area contributed by atoms with Crippen molar-refractivity contribution in [2.45, 2.75) is 32.6 Å². The van der Waals surface area contributed by atoms with E-state index in [-0.39, 0.29) is 11.9 Å². The predicted molar refractivity (Wildman–Crippen MR) is 68.4 cm³/mol. The third kappa shape index (κ3) is 3.64. The van der Waals surface area contributed by atoms with Crippen LogP contribution >= 0.6 is 0 Å². The Bertz CT molecular complexity index is 404. The average molecular weight is 271 g/mol. The molecule has 2 rings (SSSR count). The first kappa shape index (κ1) is 14.2. The lowest BCUT2D eigenvalue weighted by Crippen LogP contribution is -2.45. The van der Waals surface area contributed by atoms with Crippen LogP contribution in [0.2, 0.25) is 0 Å². The molecule has 1 N–H and O–H groups in total. The van der Waals surface area contributed by atoms with Crippen molar-refractivity contribution in [1.29, 1.82) is 0 Å². The van der Waals surface area contributed by atoms with E-state index in [4.69, 9.17) is 4.74 Å². The van der Waals surface area contributed by atoms with E-state index in [0.29, 0.717) is 30.7 Å². The van der Waals surface area contributed by atoms with Crippen LogP contribution in [0.1, 0.15) is 25.5 Å². The van der Waals surface area contributed by atoms with Gasteiger partial charge in [-0.2, -0.15) is 8.78 Å². The van der Waals surface area contributed by atoms with Crippen molar-refractivity contribution < 1.29 is 18.3 Å². The third-order valence-corrected chi connectivity index (χ3v) is 3.33. The van der Waals surface area contributed by atoms with Crippen LogP contribution in [0, 0.1) is 5.92 Å². The number of morpholine rings is 1. The summed E-state index contributed by atoms with van der Waals surface area (Å²) in [7, 11) is 0. The lowest BCUT2D eigenvalue weighted by molar-refractivity contribution is -0.0550. The normalized spacial score (nSPS) is 23.9. The standard InChI is InChI=1S/C14H19F2NO2/c1-9(2)11-8-18-13(7-17-11)10-5-3-4-6-12(10)19-14(15)16/h3-6,9,11,13-14,17H,7-8H2,1-2H3. The maximum absolute atomic E-state index is 12.4. The summed E-state index contributed by atoms with van der Waals surface area (Å²) in [6.07, 6.45) is -0.245. The minimum atomic E-state index is -2.82. The lowest BCUT2D eigenvalue weighted by atomic mass is 10.0. The molecule has 1 aliphatic rings. The second-order valence-electron chi connectivity index (χ2n) is 5.00. The van der Waals surface area contributed by atoms with Crippen LogP contribution in [-0.2, 0) is 4.74 Å². The van der Waals surface area contributed by atoms with Crippen LogP contribution in [-0.4, -0.2) is 25.8 Å². The molecule has 1 fully saturated rings. The number of hydrogen-bond donors (Lipinski definition) is 1. The van der Waals surface area contributed by atoms with E-state index < -0.39 is 6.61 Å². The van der Waals surface area contributed by atoms with Crippen molar-refractivity contribution in [3.05, 3.63) is 29.8 Å². The quantitative estimate of drug-likeness (QED) is 0.913. The molecule has 0 amide bonds. The minimum Gasteiger partial charge on any atom is -0.434 e. The van der Waals surface area contributed by atoms with E-state index >= 15 is 0 Å². The van der Waals surface area contributed by atoms with Gasteiger partial charge in [0, 0.05) is 18.2 Å². The van der Waals surface area contributed by atoms with E-state index in [2.05, 4.69) is 23.9 Å². The second-order valence-corrected chi connectivity index (χ2v) is 5.00. The molecule has 1 saturated heterocycles. The van der Waals surface area contributed by atoms with Crippen LogP contribution in [0.5, 0.6) is 5.75 Å². The fraction of sp³-hybridized carbons (Fsp3) is 0.571. The number of hydrogen-bond acceptors (Lipinski definition) is 3. The number of para-hydroxylation sites is 1. The Hall–Kier alpha value is -1.20. The first-order valence-electron chi connectivity index (χ1n) is 6.46. The van der Waals surface area contributed by atoms with Gasteiger partial charge in [-0.05, 0) is 12.0 Å². The largest absolute Gasteiger partial charge is 0.434 e. The lowest BCUT2D eigenvalue weighted by Gasteiger charge is -2.33. The van der Waals surface area contributed by atoms with Crippen LogP contribution in [0.25, 0.3) is 0 Å². The molecule has 5 heteroatoms. The van der Waals surface area contributed by atoms with Crippen molar-refractivity contribution in [1.82, 2.24) is 5.32 Å². The Morgan fingerprint density at radius 1 is 1.32 bits per heavy atom. The van der Waals surface area contributed by atoms with Gasteiger partial charge in [0.25, 0.3) is 0 Å². The Labute approximate surface area is 111 Å². The van der Waals surface area contributed by atoms with Crippen molar-refractivity contribution in [3.8, 4) is 5.75 Å². The van der Waals surface area contributed by atoms with Crippen molar-refractivity contribution in [2.24, 2.45) is 5.92 Å².